The second-order valence-corrected chi connectivity index (χ2v) is 6.18. The number of benzene rings is 2. The first kappa shape index (κ1) is 15.7. The Morgan fingerprint density at radius 1 is 1.16 bits per heavy atom. The summed E-state index contributed by atoms with van der Waals surface area (Å²) in [6.07, 6.45) is 0.876. The monoisotopic (exact) mass is 343 g/mol. The number of fused-ring (bicyclic) bond motifs is 1. The maximum absolute atomic E-state index is 13.0. The lowest BCUT2D eigenvalue weighted by Gasteiger charge is -2.17. The van der Waals surface area contributed by atoms with Crippen LogP contribution in [0.2, 0.25) is 0 Å². The molecule has 6 heteroatoms. The molecule has 0 aromatic heterocycles. The number of hydrogen-bond acceptors (Lipinski definition) is 4. The highest BCUT2D eigenvalue weighted by Crippen LogP contribution is 2.35. The Bertz CT molecular complexity index is 777. The standard InChI is InChI=1S/C19H18FNO4/c20-15-3-1-13(2-4-15)14-7-8-21(10-14)19(22)11-23-16-5-6-17-18(9-16)25-12-24-17/h1-6,9,14H,7-8,10-12H2/t14-/m1/s1. The topological polar surface area (TPSA) is 48.0 Å². The number of hydrogen-bond donors (Lipinski definition) is 0. The van der Waals surface area contributed by atoms with E-state index in [2.05, 4.69) is 0 Å². The van der Waals surface area contributed by atoms with Crippen LogP contribution < -0.4 is 14.2 Å². The maximum Gasteiger partial charge on any atom is 0.260 e. The van der Waals surface area contributed by atoms with E-state index in [9.17, 15) is 9.18 Å². The van der Waals surface area contributed by atoms with E-state index in [1.54, 1.807) is 35.2 Å². The molecule has 0 saturated carbocycles. The molecular formula is C19H18FNO4. The molecule has 130 valence electrons. The maximum atomic E-state index is 13.0. The molecule has 0 unspecified atom stereocenters. The van der Waals surface area contributed by atoms with Gasteiger partial charge in [-0.2, -0.15) is 0 Å². The smallest absolute Gasteiger partial charge is 0.260 e. The molecule has 1 saturated heterocycles. The molecule has 0 aliphatic carbocycles. The number of amides is 1. The van der Waals surface area contributed by atoms with Gasteiger partial charge in [-0.15, -0.1) is 0 Å². The van der Waals surface area contributed by atoms with Crippen LogP contribution in [-0.2, 0) is 4.79 Å². The summed E-state index contributed by atoms with van der Waals surface area (Å²) in [7, 11) is 0. The number of carbonyl (C=O) groups is 1. The summed E-state index contributed by atoms with van der Waals surface area (Å²) < 4.78 is 29.1. The molecule has 2 aliphatic heterocycles. The Morgan fingerprint density at radius 2 is 1.96 bits per heavy atom. The molecule has 2 aliphatic rings. The fourth-order valence-electron chi connectivity index (χ4n) is 3.20. The molecule has 2 heterocycles. The van der Waals surface area contributed by atoms with Crippen LogP contribution in [0.5, 0.6) is 17.2 Å². The Labute approximate surface area is 144 Å². The lowest BCUT2D eigenvalue weighted by Crippen LogP contribution is -2.32. The van der Waals surface area contributed by atoms with Gasteiger partial charge in [-0.25, -0.2) is 4.39 Å². The lowest BCUT2D eigenvalue weighted by molar-refractivity contribution is -0.132. The van der Waals surface area contributed by atoms with Crippen molar-refractivity contribution in [2.75, 3.05) is 26.5 Å². The third-order valence-corrected chi connectivity index (χ3v) is 4.59. The van der Waals surface area contributed by atoms with E-state index in [0.717, 1.165) is 12.0 Å². The van der Waals surface area contributed by atoms with Gasteiger partial charge in [0.05, 0.1) is 0 Å². The van der Waals surface area contributed by atoms with Gasteiger partial charge in [0.1, 0.15) is 11.6 Å². The highest BCUT2D eigenvalue weighted by Gasteiger charge is 2.27. The fraction of sp³-hybridized carbons (Fsp3) is 0.316. The average Bonchev–Trinajstić information content (AvgIpc) is 3.29. The summed E-state index contributed by atoms with van der Waals surface area (Å²) in [5, 5.41) is 0. The SMILES string of the molecule is O=C(COc1ccc2c(c1)OCO2)N1CC[C@@H](c2ccc(F)cc2)C1. The van der Waals surface area contributed by atoms with Crippen LogP contribution in [0.3, 0.4) is 0 Å². The minimum Gasteiger partial charge on any atom is -0.484 e. The molecule has 0 spiro atoms. The second kappa shape index (κ2) is 6.63. The minimum atomic E-state index is -0.244. The Hall–Kier alpha value is -2.76. The Balaban J connectivity index is 1.32. The van der Waals surface area contributed by atoms with Gasteiger partial charge in [-0.1, -0.05) is 12.1 Å². The average molecular weight is 343 g/mol. The van der Waals surface area contributed by atoms with Crippen molar-refractivity contribution in [2.24, 2.45) is 0 Å². The van der Waals surface area contributed by atoms with E-state index in [4.69, 9.17) is 14.2 Å². The normalized spacial score (nSPS) is 18.4. The van der Waals surface area contributed by atoms with Crippen molar-refractivity contribution in [2.45, 2.75) is 12.3 Å². The molecule has 1 atom stereocenters. The van der Waals surface area contributed by atoms with Crippen LogP contribution in [0.25, 0.3) is 0 Å². The summed E-state index contributed by atoms with van der Waals surface area (Å²) in [5.41, 5.74) is 1.06. The van der Waals surface area contributed by atoms with Gasteiger partial charge >= 0.3 is 0 Å². The van der Waals surface area contributed by atoms with Crippen LogP contribution in [-0.4, -0.2) is 37.3 Å². The van der Waals surface area contributed by atoms with E-state index in [1.807, 2.05) is 0 Å². The molecule has 2 aromatic rings. The number of nitrogens with zero attached hydrogens (tertiary/aromatic N) is 1. The number of likely N-dealkylation sites (tertiary alicyclic amines) is 1. The number of ether oxygens (including phenoxy) is 3. The lowest BCUT2D eigenvalue weighted by atomic mass is 9.99. The van der Waals surface area contributed by atoms with Gasteiger partial charge in [0.15, 0.2) is 18.1 Å². The number of carbonyl (C=O) groups excluding carboxylic acids is 1. The predicted molar refractivity (Wildman–Crippen MR) is 88.4 cm³/mol. The first-order valence-corrected chi connectivity index (χ1v) is 8.25. The summed E-state index contributed by atoms with van der Waals surface area (Å²) in [6, 6.07) is 11.7. The molecule has 4 rings (SSSR count). The van der Waals surface area contributed by atoms with Crippen molar-refractivity contribution in [1.82, 2.24) is 4.90 Å². The zero-order valence-corrected chi connectivity index (χ0v) is 13.6. The van der Waals surface area contributed by atoms with Gasteiger partial charge in [0.25, 0.3) is 5.91 Å². The quantitative estimate of drug-likeness (QED) is 0.856. The zero-order valence-electron chi connectivity index (χ0n) is 13.6. The second-order valence-electron chi connectivity index (χ2n) is 6.18. The summed E-state index contributed by atoms with van der Waals surface area (Å²) in [4.78, 5) is 14.2. The number of rotatable bonds is 4. The van der Waals surface area contributed by atoms with Crippen LogP contribution in [0.4, 0.5) is 4.39 Å². The zero-order chi connectivity index (χ0) is 17.2. The van der Waals surface area contributed by atoms with E-state index < -0.39 is 0 Å². The van der Waals surface area contributed by atoms with Gasteiger partial charge in [0.2, 0.25) is 6.79 Å². The van der Waals surface area contributed by atoms with Gasteiger partial charge in [-0.3, -0.25) is 4.79 Å². The van der Waals surface area contributed by atoms with Crippen LogP contribution in [0.15, 0.2) is 42.5 Å². The van der Waals surface area contributed by atoms with Crippen LogP contribution in [0, 0.1) is 5.82 Å². The number of halogens is 1. The third-order valence-electron chi connectivity index (χ3n) is 4.59. The van der Waals surface area contributed by atoms with Crippen molar-refractivity contribution in [3.63, 3.8) is 0 Å². The summed E-state index contributed by atoms with van der Waals surface area (Å²) >= 11 is 0. The molecular weight excluding hydrogens is 325 g/mol. The molecule has 0 bridgehead atoms. The molecule has 0 radical (unpaired) electrons. The highest BCUT2D eigenvalue weighted by atomic mass is 19.1. The van der Waals surface area contributed by atoms with Gasteiger partial charge in [-0.05, 0) is 36.2 Å². The molecule has 25 heavy (non-hydrogen) atoms. The molecule has 5 nitrogen and oxygen atoms in total. The van der Waals surface area contributed by atoms with Crippen molar-refractivity contribution in [3.05, 3.63) is 53.8 Å². The summed E-state index contributed by atoms with van der Waals surface area (Å²) in [5.74, 6) is 1.83. The van der Waals surface area contributed by atoms with Crippen LogP contribution in [0.1, 0.15) is 17.9 Å². The third kappa shape index (κ3) is 3.38. The van der Waals surface area contributed by atoms with Gasteiger partial charge < -0.3 is 19.1 Å². The van der Waals surface area contributed by atoms with E-state index in [0.29, 0.717) is 30.3 Å². The molecule has 2 aromatic carbocycles. The largest absolute Gasteiger partial charge is 0.484 e. The van der Waals surface area contributed by atoms with Gasteiger partial charge in [0, 0.05) is 25.1 Å². The summed E-state index contributed by atoms with van der Waals surface area (Å²) in [6.45, 7) is 1.51. The fourth-order valence-corrected chi connectivity index (χ4v) is 3.20. The van der Waals surface area contributed by atoms with Crippen molar-refractivity contribution in [1.29, 1.82) is 0 Å². The molecule has 0 N–H and O–H groups in total. The Kier molecular flexibility index (Phi) is 4.17. The van der Waals surface area contributed by atoms with Crippen molar-refractivity contribution < 1.29 is 23.4 Å². The molecule has 1 amide bonds. The highest BCUT2D eigenvalue weighted by molar-refractivity contribution is 5.78. The Morgan fingerprint density at radius 3 is 2.80 bits per heavy atom. The first-order chi connectivity index (χ1) is 12.2. The van der Waals surface area contributed by atoms with Crippen molar-refractivity contribution >= 4 is 5.91 Å². The van der Waals surface area contributed by atoms with E-state index in [1.165, 1.54) is 12.1 Å². The first-order valence-electron chi connectivity index (χ1n) is 8.25. The van der Waals surface area contributed by atoms with Crippen molar-refractivity contribution in [3.8, 4) is 17.2 Å². The minimum absolute atomic E-state index is 0.0181. The van der Waals surface area contributed by atoms with E-state index in [-0.39, 0.29) is 31.0 Å². The molecule has 1 fully saturated rings. The van der Waals surface area contributed by atoms with Crippen LogP contribution >= 0.6 is 0 Å². The van der Waals surface area contributed by atoms with E-state index >= 15 is 0 Å². The predicted octanol–water partition coefficient (Wildman–Crippen LogP) is 2.95.